The lowest BCUT2D eigenvalue weighted by Crippen LogP contribution is -1.88. The minimum atomic E-state index is 1.02. The fourth-order valence-corrected chi connectivity index (χ4v) is 2.26. The summed E-state index contributed by atoms with van der Waals surface area (Å²) < 4.78 is 0. The maximum absolute atomic E-state index is 4.46. The summed E-state index contributed by atoms with van der Waals surface area (Å²) in [7, 11) is 0. The van der Waals surface area contributed by atoms with Gasteiger partial charge >= 0.3 is 0 Å². The van der Waals surface area contributed by atoms with Crippen LogP contribution in [0.5, 0.6) is 0 Å². The van der Waals surface area contributed by atoms with E-state index in [1.165, 1.54) is 22.3 Å². The summed E-state index contributed by atoms with van der Waals surface area (Å²) in [5, 5.41) is 0. The molecule has 0 saturated heterocycles. The molecular formula is C18H15N. The van der Waals surface area contributed by atoms with Gasteiger partial charge in [-0.1, -0.05) is 60.2 Å². The quantitative estimate of drug-likeness (QED) is 0.636. The molecule has 19 heavy (non-hydrogen) atoms. The first-order chi connectivity index (χ1) is 9.34. The van der Waals surface area contributed by atoms with E-state index >= 15 is 0 Å². The van der Waals surface area contributed by atoms with E-state index < -0.39 is 0 Å². The molecule has 0 atom stereocenters. The van der Waals surface area contributed by atoms with E-state index in [0.717, 1.165) is 5.69 Å². The number of hydrogen-bond acceptors (Lipinski definition) is 1. The Morgan fingerprint density at radius 2 is 1.53 bits per heavy atom. The van der Waals surface area contributed by atoms with Gasteiger partial charge in [-0.3, -0.25) is 4.98 Å². The Kier molecular flexibility index (Phi) is 3.11. The zero-order valence-electron chi connectivity index (χ0n) is 10.9. The number of pyridine rings is 1. The SMILES string of the molecule is Cc1ccc(-c2ccccn2)c(-c2ccccc2)c1. The fourth-order valence-electron chi connectivity index (χ4n) is 2.26. The molecule has 1 aromatic heterocycles. The largest absolute Gasteiger partial charge is 0.256 e. The zero-order valence-corrected chi connectivity index (χ0v) is 10.9. The van der Waals surface area contributed by atoms with Crippen LogP contribution in [0.2, 0.25) is 0 Å². The van der Waals surface area contributed by atoms with Crippen molar-refractivity contribution in [3.05, 3.63) is 78.5 Å². The lowest BCUT2D eigenvalue weighted by Gasteiger charge is -2.10. The van der Waals surface area contributed by atoms with E-state index in [-0.39, 0.29) is 0 Å². The van der Waals surface area contributed by atoms with Crippen LogP contribution in [0.1, 0.15) is 5.56 Å². The van der Waals surface area contributed by atoms with E-state index in [4.69, 9.17) is 0 Å². The number of benzene rings is 2. The van der Waals surface area contributed by atoms with Crippen LogP contribution >= 0.6 is 0 Å². The molecule has 0 aliphatic heterocycles. The first kappa shape index (κ1) is 11.7. The molecule has 0 N–H and O–H groups in total. The van der Waals surface area contributed by atoms with E-state index in [1.54, 1.807) is 0 Å². The molecule has 0 aliphatic rings. The Morgan fingerprint density at radius 1 is 0.737 bits per heavy atom. The normalized spacial score (nSPS) is 10.4. The van der Waals surface area contributed by atoms with Crippen molar-refractivity contribution in [1.82, 2.24) is 4.98 Å². The molecule has 0 fully saturated rings. The number of aromatic nitrogens is 1. The highest BCUT2D eigenvalue weighted by atomic mass is 14.7. The Labute approximate surface area is 113 Å². The molecule has 0 radical (unpaired) electrons. The number of rotatable bonds is 2. The standard InChI is InChI=1S/C18H15N/c1-14-10-11-16(18-9-5-6-12-19-18)17(13-14)15-7-3-2-4-8-15/h2-13H,1H3. The summed E-state index contributed by atoms with van der Waals surface area (Å²) in [6.45, 7) is 2.12. The van der Waals surface area contributed by atoms with Crippen LogP contribution in [0, 0.1) is 6.92 Å². The zero-order chi connectivity index (χ0) is 13.1. The van der Waals surface area contributed by atoms with Crippen LogP contribution < -0.4 is 0 Å². The lowest BCUT2D eigenvalue weighted by atomic mass is 9.95. The van der Waals surface area contributed by atoms with E-state index in [2.05, 4.69) is 60.4 Å². The topological polar surface area (TPSA) is 12.9 Å². The van der Waals surface area contributed by atoms with Gasteiger partial charge in [0.15, 0.2) is 0 Å². The molecule has 1 nitrogen and oxygen atoms in total. The third-order valence-corrected chi connectivity index (χ3v) is 3.20. The van der Waals surface area contributed by atoms with Crippen molar-refractivity contribution < 1.29 is 0 Å². The summed E-state index contributed by atoms with van der Waals surface area (Å²) in [4.78, 5) is 4.46. The van der Waals surface area contributed by atoms with Crippen molar-refractivity contribution in [2.24, 2.45) is 0 Å². The number of nitrogens with zero attached hydrogens (tertiary/aromatic N) is 1. The molecule has 0 saturated carbocycles. The molecule has 0 unspecified atom stereocenters. The molecule has 3 aromatic rings. The van der Waals surface area contributed by atoms with Crippen molar-refractivity contribution in [3.8, 4) is 22.4 Å². The fraction of sp³-hybridized carbons (Fsp3) is 0.0556. The van der Waals surface area contributed by atoms with Gasteiger partial charge in [-0.05, 0) is 30.2 Å². The predicted octanol–water partition coefficient (Wildman–Crippen LogP) is 4.72. The third-order valence-electron chi connectivity index (χ3n) is 3.20. The van der Waals surface area contributed by atoms with Crippen LogP contribution in [0.25, 0.3) is 22.4 Å². The molecule has 92 valence electrons. The smallest absolute Gasteiger partial charge is 0.0708 e. The summed E-state index contributed by atoms with van der Waals surface area (Å²) in [6, 6.07) is 23.0. The maximum atomic E-state index is 4.46. The van der Waals surface area contributed by atoms with Gasteiger partial charge in [0, 0.05) is 11.8 Å². The summed E-state index contributed by atoms with van der Waals surface area (Å²) in [5.41, 5.74) is 5.92. The van der Waals surface area contributed by atoms with Gasteiger partial charge in [-0.25, -0.2) is 0 Å². The molecule has 0 aliphatic carbocycles. The van der Waals surface area contributed by atoms with Crippen molar-refractivity contribution in [2.45, 2.75) is 6.92 Å². The molecule has 0 spiro atoms. The molecule has 1 heterocycles. The number of aryl methyl sites for hydroxylation is 1. The second kappa shape index (κ2) is 5.07. The Balaban J connectivity index is 2.21. The highest BCUT2D eigenvalue weighted by Crippen LogP contribution is 2.31. The van der Waals surface area contributed by atoms with E-state index in [1.807, 2.05) is 24.4 Å². The monoisotopic (exact) mass is 245 g/mol. The Bertz CT molecular complexity index is 673. The van der Waals surface area contributed by atoms with Gasteiger partial charge in [0.25, 0.3) is 0 Å². The van der Waals surface area contributed by atoms with Gasteiger partial charge in [-0.2, -0.15) is 0 Å². The highest BCUT2D eigenvalue weighted by Gasteiger charge is 2.07. The van der Waals surface area contributed by atoms with Gasteiger partial charge in [0.1, 0.15) is 0 Å². The average molecular weight is 245 g/mol. The molecule has 3 rings (SSSR count). The first-order valence-electron chi connectivity index (χ1n) is 6.42. The van der Waals surface area contributed by atoms with E-state index in [0.29, 0.717) is 0 Å². The van der Waals surface area contributed by atoms with Crippen LogP contribution in [0.3, 0.4) is 0 Å². The van der Waals surface area contributed by atoms with Gasteiger partial charge in [0.05, 0.1) is 5.69 Å². The molecule has 2 aromatic carbocycles. The summed E-state index contributed by atoms with van der Waals surface area (Å²) in [5.74, 6) is 0. The molecule has 0 amide bonds. The van der Waals surface area contributed by atoms with Crippen LogP contribution in [-0.4, -0.2) is 4.98 Å². The highest BCUT2D eigenvalue weighted by molar-refractivity contribution is 5.82. The Hall–Kier alpha value is -2.41. The number of hydrogen-bond donors (Lipinski definition) is 0. The van der Waals surface area contributed by atoms with Crippen LogP contribution in [0.15, 0.2) is 72.9 Å². The van der Waals surface area contributed by atoms with Crippen LogP contribution in [-0.2, 0) is 0 Å². The lowest BCUT2D eigenvalue weighted by molar-refractivity contribution is 1.32. The van der Waals surface area contributed by atoms with Gasteiger partial charge in [-0.15, -0.1) is 0 Å². The summed E-state index contributed by atoms with van der Waals surface area (Å²) >= 11 is 0. The summed E-state index contributed by atoms with van der Waals surface area (Å²) in [6.07, 6.45) is 1.84. The minimum Gasteiger partial charge on any atom is -0.256 e. The predicted molar refractivity (Wildman–Crippen MR) is 79.8 cm³/mol. The van der Waals surface area contributed by atoms with Gasteiger partial charge < -0.3 is 0 Å². The van der Waals surface area contributed by atoms with E-state index in [9.17, 15) is 0 Å². The second-order valence-corrected chi connectivity index (χ2v) is 4.63. The molecule has 0 bridgehead atoms. The van der Waals surface area contributed by atoms with Crippen molar-refractivity contribution in [3.63, 3.8) is 0 Å². The third kappa shape index (κ3) is 2.41. The first-order valence-corrected chi connectivity index (χ1v) is 6.42. The second-order valence-electron chi connectivity index (χ2n) is 4.63. The van der Waals surface area contributed by atoms with Gasteiger partial charge in [0.2, 0.25) is 0 Å². The minimum absolute atomic E-state index is 1.02. The average Bonchev–Trinajstić information content (AvgIpc) is 2.49. The maximum Gasteiger partial charge on any atom is 0.0708 e. The molecule has 1 heteroatoms. The molecular weight excluding hydrogens is 230 g/mol. The van der Waals surface area contributed by atoms with Crippen LogP contribution in [0.4, 0.5) is 0 Å². The van der Waals surface area contributed by atoms with Crippen molar-refractivity contribution in [2.75, 3.05) is 0 Å². The Morgan fingerprint density at radius 3 is 2.26 bits per heavy atom. The van der Waals surface area contributed by atoms with Crippen molar-refractivity contribution >= 4 is 0 Å². The van der Waals surface area contributed by atoms with Crippen molar-refractivity contribution in [1.29, 1.82) is 0 Å².